The highest BCUT2D eigenvalue weighted by atomic mass is 16.7. The van der Waals surface area contributed by atoms with E-state index in [4.69, 9.17) is 0 Å². The Kier molecular flexibility index (Phi) is 3.18. The third kappa shape index (κ3) is 1.66. The van der Waals surface area contributed by atoms with Crippen molar-refractivity contribution >= 4 is 0 Å². The van der Waals surface area contributed by atoms with Gasteiger partial charge >= 0.3 is 5.79 Å². The van der Waals surface area contributed by atoms with Crippen molar-refractivity contribution in [3.8, 4) is 0 Å². The van der Waals surface area contributed by atoms with E-state index < -0.39 is 27.0 Å². The van der Waals surface area contributed by atoms with Gasteiger partial charge in [0.1, 0.15) is 0 Å². The zero-order valence-electron chi connectivity index (χ0n) is 6.41. The molecule has 0 rings (SSSR count). The molecule has 13 heavy (non-hydrogen) atoms. The molecule has 0 aromatic carbocycles. The van der Waals surface area contributed by atoms with Crippen molar-refractivity contribution in [1.82, 2.24) is 0 Å². The summed E-state index contributed by atoms with van der Waals surface area (Å²) in [6, 6.07) is 0. The Morgan fingerprint density at radius 2 is 1.31 bits per heavy atom. The van der Waals surface area contributed by atoms with Crippen LogP contribution >= 0.6 is 0 Å². The first-order valence-electron chi connectivity index (χ1n) is 3.12. The number of rotatable bonds is 5. The molecule has 0 bridgehead atoms. The van der Waals surface area contributed by atoms with Gasteiger partial charge in [0.2, 0.25) is 6.42 Å². The summed E-state index contributed by atoms with van der Waals surface area (Å²) >= 11 is 0. The molecule has 0 fully saturated rings. The molecule has 0 saturated carbocycles. The van der Waals surface area contributed by atoms with Crippen molar-refractivity contribution in [3.05, 3.63) is 30.3 Å². The van der Waals surface area contributed by atoms with Crippen LogP contribution < -0.4 is 5.73 Å². The predicted octanol–water partition coefficient (Wildman–Crippen LogP) is -1.90. The first-order chi connectivity index (χ1) is 5.89. The van der Waals surface area contributed by atoms with Gasteiger partial charge in [-0.3, -0.25) is 30.3 Å². The molecule has 0 aliphatic carbocycles. The van der Waals surface area contributed by atoms with Gasteiger partial charge in [-0.25, -0.2) is 0 Å². The maximum atomic E-state index is 10.2. The van der Waals surface area contributed by atoms with E-state index >= 15 is 0 Å². The number of hydrogen-bond acceptors (Lipinski definition) is 6. The normalized spacial score (nSPS) is 10.8. The summed E-state index contributed by atoms with van der Waals surface area (Å²) in [4.78, 5) is 26.0. The first kappa shape index (κ1) is 11.2. The van der Waals surface area contributed by atoms with Crippen molar-refractivity contribution in [3.63, 3.8) is 0 Å². The van der Waals surface area contributed by atoms with Crippen LogP contribution in [0.15, 0.2) is 0 Å². The van der Waals surface area contributed by atoms with Crippen LogP contribution in [-0.2, 0) is 0 Å². The number of hydrogen-bond donors (Lipinski definition) is 1. The second-order valence-electron chi connectivity index (χ2n) is 2.15. The summed E-state index contributed by atoms with van der Waals surface area (Å²) in [5.41, 5.74) is 3.10. The fourth-order valence-electron chi connectivity index (χ4n) is 0.711. The molecule has 3 N–H and O–H groups in total. The first-order valence-corrected chi connectivity index (χ1v) is 3.12. The molecule has 0 saturated heterocycles. The van der Waals surface area contributed by atoms with E-state index in [1.54, 1.807) is 0 Å². The highest BCUT2D eigenvalue weighted by Crippen LogP contribution is 2.15. The molecule has 10 heteroatoms. The lowest BCUT2D eigenvalue weighted by Crippen LogP contribution is -2.60. The molecule has 0 amide bonds. The molecular weight excluding hydrogens is 188 g/mol. The zero-order valence-corrected chi connectivity index (χ0v) is 6.41. The molecule has 10 nitrogen and oxygen atoms in total. The molecule has 0 atom stereocenters. The van der Waals surface area contributed by atoms with E-state index in [9.17, 15) is 30.3 Å². The van der Waals surface area contributed by atoms with E-state index in [0.717, 1.165) is 0 Å². The topological polar surface area (TPSA) is 157 Å². The van der Waals surface area contributed by atoms with Crippen LogP contribution in [0.25, 0.3) is 0 Å². The summed E-state index contributed by atoms with van der Waals surface area (Å²) in [5, 5.41) is 30.6. The van der Waals surface area contributed by atoms with Crippen molar-refractivity contribution in [2.45, 2.75) is 12.2 Å². The van der Waals surface area contributed by atoms with Gasteiger partial charge in [0.15, 0.2) is 14.8 Å². The fourth-order valence-corrected chi connectivity index (χ4v) is 0.711. The Balaban J connectivity index is 5.18. The van der Waals surface area contributed by atoms with E-state index in [2.05, 4.69) is 5.73 Å². The van der Waals surface area contributed by atoms with Gasteiger partial charge in [-0.15, -0.1) is 0 Å². The quantitative estimate of drug-likeness (QED) is 0.306. The summed E-state index contributed by atoms with van der Waals surface area (Å²) < 4.78 is 0. The Morgan fingerprint density at radius 1 is 1.00 bits per heavy atom. The van der Waals surface area contributed by atoms with Crippen LogP contribution in [0.4, 0.5) is 0 Å². The number of quaternary nitrogens is 1. The maximum Gasteiger partial charge on any atom is 0.705 e. The van der Waals surface area contributed by atoms with Crippen LogP contribution in [0.1, 0.15) is 6.42 Å². The van der Waals surface area contributed by atoms with Crippen molar-refractivity contribution in [1.29, 1.82) is 0 Å². The van der Waals surface area contributed by atoms with Crippen LogP contribution in [0.2, 0.25) is 0 Å². The van der Waals surface area contributed by atoms with Crippen LogP contribution in [0.5, 0.6) is 0 Å². The van der Waals surface area contributed by atoms with Gasteiger partial charge in [-0.2, -0.15) is 0 Å². The van der Waals surface area contributed by atoms with Gasteiger partial charge in [0.05, 0.1) is 6.54 Å². The van der Waals surface area contributed by atoms with Gasteiger partial charge in [-0.05, 0) is 0 Å². The molecule has 0 aromatic rings. The third-order valence-electron chi connectivity index (χ3n) is 1.39. The maximum absolute atomic E-state index is 10.2. The Hall–Kier alpha value is -1.84. The smallest absolute Gasteiger partial charge is 0.357 e. The average molecular weight is 195 g/mol. The van der Waals surface area contributed by atoms with Crippen LogP contribution in [0.3, 0.4) is 0 Å². The van der Waals surface area contributed by atoms with Crippen molar-refractivity contribution in [2.24, 2.45) is 0 Å². The molecule has 0 aliphatic heterocycles. The minimum absolute atomic E-state index is 0.261. The highest BCUT2D eigenvalue weighted by molar-refractivity contribution is 4.51. The lowest BCUT2D eigenvalue weighted by Gasteiger charge is -2.05. The van der Waals surface area contributed by atoms with Gasteiger partial charge < -0.3 is 5.73 Å². The molecule has 0 heterocycles. The highest BCUT2D eigenvalue weighted by Gasteiger charge is 2.70. The molecule has 0 unspecified atom stereocenters. The SMILES string of the molecule is [NH3+]CCC([N+](=O)[O-])([N+](=O)[O-])[N+](=O)[O-]. The van der Waals surface area contributed by atoms with Gasteiger partial charge in [0.25, 0.3) is 0 Å². The number of nitro groups is 3. The molecule has 0 spiro atoms. The van der Waals surface area contributed by atoms with E-state index in [1.165, 1.54) is 0 Å². The molecular formula is C3H7N4O6+. The van der Waals surface area contributed by atoms with Crippen LogP contribution in [-0.4, -0.2) is 27.1 Å². The third-order valence-corrected chi connectivity index (χ3v) is 1.39. The van der Waals surface area contributed by atoms with Crippen molar-refractivity contribution in [2.75, 3.05) is 6.54 Å². The molecule has 74 valence electrons. The summed E-state index contributed by atoms with van der Waals surface area (Å²) in [6.07, 6.45) is -0.833. The second-order valence-corrected chi connectivity index (χ2v) is 2.15. The Bertz CT molecular complexity index is 214. The summed E-state index contributed by atoms with van der Waals surface area (Å²) in [7, 11) is 0. The van der Waals surface area contributed by atoms with Gasteiger partial charge in [0, 0.05) is 0 Å². The largest absolute Gasteiger partial charge is 0.705 e. The van der Waals surface area contributed by atoms with Crippen molar-refractivity contribution < 1.29 is 20.5 Å². The van der Waals surface area contributed by atoms with Gasteiger partial charge in [-0.1, -0.05) is 0 Å². The standard InChI is InChI=1S/C3H6N4O6/c4-2-1-3(5(8)9,6(10)11)7(12)13/h1-2,4H2/p+1. The summed E-state index contributed by atoms with van der Waals surface area (Å²) in [6.45, 7) is -0.261. The lowest BCUT2D eigenvalue weighted by molar-refractivity contribution is -0.971. The van der Waals surface area contributed by atoms with Crippen LogP contribution in [0, 0.1) is 30.3 Å². The average Bonchev–Trinajstić information content (AvgIpc) is 1.97. The minimum atomic E-state index is -3.35. The predicted molar refractivity (Wildman–Crippen MR) is 36.1 cm³/mol. The lowest BCUT2D eigenvalue weighted by atomic mass is 10.2. The Labute approximate surface area is 70.8 Å². The zero-order chi connectivity index (χ0) is 10.6. The van der Waals surface area contributed by atoms with E-state index in [0.29, 0.717) is 0 Å². The fraction of sp³-hybridized carbons (Fsp3) is 1.00. The molecule has 0 radical (unpaired) electrons. The number of nitrogens with zero attached hydrogens (tertiary/aromatic N) is 3. The van der Waals surface area contributed by atoms with E-state index in [1.807, 2.05) is 0 Å². The Morgan fingerprint density at radius 3 is 1.38 bits per heavy atom. The summed E-state index contributed by atoms with van der Waals surface area (Å²) in [5.74, 6) is -3.35. The minimum Gasteiger partial charge on any atom is -0.357 e. The molecule has 0 aromatic heterocycles. The monoisotopic (exact) mass is 195 g/mol. The van der Waals surface area contributed by atoms with E-state index in [-0.39, 0.29) is 6.54 Å². The molecule has 0 aliphatic rings. The second kappa shape index (κ2) is 3.71.